The molecule has 0 aliphatic carbocycles. The second-order valence-corrected chi connectivity index (χ2v) is 6.27. The molecule has 0 N–H and O–H groups in total. The lowest BCUT2D eigenvalue weighted by Crippen LogP contribution is -2.07. The largest absolute Gasteiger partial charge is 0.466 e. The van der Waals surface area contributed by atoms with Gasteiger partial charge in [-0.05, 0) is 36.8 Å². The van der Waals surface area contributed by atoms with E-state index in [0.29, 0.717) is 49.1 Å². The van der Waals surface area contributed by atoms with Crippen LogP contribution in [-0.2, 0) is 33.7 Å². The molecule has 2 aromatic heterocycles. The van der Waals surface area contributed by atoms with Crippen molar-refractivity contribution >= 4 is 28.2 Å². The van der Waals surface area contributed by atoms with Gasteiger partial charge >= 0.3 is 5.97 Å². The third-order valence-electron chi connectivity index (χ3n) is 4.16. The van der Waals surface area contributed by atoms with E-state index in [-0.39, 0.29) is 12.4 Å². The first-order valence-corrected chi connectivity index (χ1v) is 9.17. The Labute approximate surface area is 161 Å². The Hall–Kier alpha value is -3.19. The van der Waals surface area contributed by atoms with Crippen molar-refractivity contribution in [1.82, 2.24) is 9.97 Å². The van der Waals surface area contributed by atoms with Crippen molar-refractivity contribution in [3.63, 3.8) is 0 Å². The number of ether oxygens (including phenoxy) is 2. The molecule has 0 saturated carbocycles. The molecule has 0 bridgehead atoms. The molecule has 0 spiro atoms. The highest BCUT2D eigenvalue weighted by Gasteiger charge is 2.12. The molecule has 0 unspecified atom stereocenters. The van der Waals surface area contributed by atoms with Crippen LogP contribution in [0, 0.1) is 0 Å². The van der Waals surface area contributed by atoms with Crippen LogP contribution in [0.2, 0.25) is 0 Å². The zero-order chi connectivity index (χ0) is 19.3. The summed E-state index contributed by atoms with van der Waals surface area (Å²) in [5.74, 6) is 0.663. The summed E-state index contributed by atoms with van der Waals surface area (Å²) >= 11 is 0. The van der Waals surface area contributed by atoms with Crippen LogP contribution in [0.15, 0.2) is 51.3 Å². The lowest BCUT2D eigenvalue weighted by molar-refractivity contribution is -0.142. The molecule has 0 aliphatic heterocycles. The molecule has 2 aromatic carbocycles. The van der Waals surface area contributed by atoms with Gasteiger partial charge in [-0.1, -0.05) is 18.2 Å². The highest BCUT2D eigenvalue weighted by Crippen LogP contribution is 2.19. The number of oxazole rings is 2. The summed E-state index contributed by atoms with van der Waals surface area (Å²) in [7, 11) is 0. The molecule has 7 heteroatoms. The van der Waals surface area contributed by atoms with Gasteiger partial charge in [-0.15, -0.1) is 0 Å². The van der Waals surface area contributed by atoms with E-state index in [4.69, 9.17) is 18.3 Å². The summed E-state index contributed by atoms with van der Waals surface area (Å²) in [5, 5.41) is 0. The standard InChI is InChI=1S/C21H20N2O5/c1-2-26-21(24)12-20-23-16-11-14(7-8-18(16)28-20)13-25-10-9-19-22-15-5-3-4-6-17(15)27-19/h3-8,11H,2,9-10,12-13H2,1H3. The molecular formula is C21H20N2O5. The Balaban J connectivity index is 1.32. The summed E-state index contributed by atoms with van der Waals surface area (Å²) in [5.41, 5.74) is 3.94. The Morgan fingerprint density at radius 3 is 2.64 bits per heavy atom. The lowest BCUT2D eigenvalue weighted by Gasteiger charge is -2.02. The van der Waals surface area contributed by atoms with Crippen molar-refractivity contribution < 1.29 is 23.1 Å². The van der Waals surface area contributed by atoms with E-state index in [9.17, 15) is 4.79 Å². The van der Waals surface area contributed by atoms with Gasteiger partial charge in [-0.25, -0.2) is 9.97 Å². The molecule has 0 fully saturated rings. The maximum Gasteiger partial charge on any atom is 0.315 e. The van der Waals surface area contributed by atoms with E-state index in [1.807, 2.05) is 42.5 Å². The van der Waals surface area contributed by atoms with Gasteiger partial charge in [0.05, 0.1) is 19.8 Å². The second kappa shape index (κ2) is 8.22. The van der Waals surface area contributed by atoms with Gasteiger partial charge in [0.15, 0.2) is 17.1 Å². The first-order valence-electron chi connectivity index (χ1n) is 9.17. The van der Waals surface area contributed by atoms with Gasteiger partial charge in [0.25, 0.3) is 0 Å². The predicted octanol–water partition coefficient (Wildman–Crippen LogP) is 3.83. The number of nitrogens with zero attached hydrogens (tertiary/aromatic N) is 2. The van der Waals surface area contributed by atoms with Crippen LogP contribution in [0.3, 0.4) is 0 Å². The maximum atomic E-state index is 11.5. The number of aromatic nitrogens is 2. The van der Waals surface area contributed by atoms with Gasteiger partial charge in [0, 0.05) is 6.42 Å². The van der Waals surface area contributed by atoms with Crippen LogP contribution in [0.25, 0.3) is 22.2 Å². The van der Waals surface area contributed by atoms with Gasteiger partial charge in [0.1, 0.15) is 17.5 Å². The summed E-state index contributed by atoms with van der Waals surface area (Å²) < 4.78 is 21.9. The van der Waals surface area contributed by atoms with Gasteiger partial charge in [-0.2, -0.15) is 0 Å². The van der Waals surface area contributed by atoms with Crippen molar-refractivity contribution in [2.75, 3.05) is 13.2 Å². The molecule has 0 amide bonds. The van der Waals surface area contributed by atoms with Crippen molar-refractivity contribution in [3.8, 4) is 0 Å². The fraction of sp³-hybridized carbons (Fsp3) is 0.286. The molecular weight excluding hydrogens is 360 g/mol. The van der Waals surface area contributed by atoms with Crippen LogP contribution >= 0.6 is 0 Å². The summed E-state index contributed by atoms with van der Waals surface area (Å²) in [4.78, 5) is 20.3. The number of esters is 1. The van der Waals surface area contributed by atoms with E-state index in [2.05, 4.69) is 9.97 Å². The van der Waals surface area contributed by atoms with Crippen molar-refractivity contribution in [2.24, 2.45) is 0 Å². The summed E-state index contributed by atoms with van der Waals surface area (Å²) in [6.45, 7) is 3.04. The Bertz CT molecular complexity index is 1070. The van der Waals surface area contributed by atoms with Crippen LogP contribution in [0.4, 0.5) is 0 Å². The molecule has 0 aliphatic rings. The number of carbonyl (C=O) groups excluding carboxylic acids is 1. The fourth-order valence-electron chi connectivity index (χ4n) is 2.90. The smallest absolute Gasteiger partial charge is 0.315 e. The van der Waals surface area contributed by atoms with Gasteiger partial charge < -0.3 is 18.3 Å². The summed E-state index contributed by atoms with van der Waals surface area (Å²) in [6, 6.07) is 13.3. The minimum Gasteiger partial charge on any atom is -0.466 e. The van der Waals surface area contributed by atoms with Gasteiger partial charge in [-0.3, -0.25) is 4.79 Å². The van der Waals surface area contributed by atoms with Crippen LogP contribution < -0.4 is 0 Å². The first-order chi connectivity index (χ1) is 13.7. The molecule has 0 atom stereocenters. The molecule has 0 saturated heterocycles. The Morgan fingerprint density at radius 2 is 1.79 bits per heavy atom. The average molecular weight is 380 g/mol. The minimum atomic E-state index is -0.350. The number of hydrogen-bond donors (Lipinski definition) is 0. The minimum absolute atomic E-state index is 0.0266. The highest BCUT2D eigenvalue weighted by atomic mass is 16.5. The number of rotatable bonds is 8. The Morgan fingerprint density at radius 1 is 1.00 bits per heavy atom. The van der Waals surface area contributed by atoms with Crippen molar-refractivity contribution in [2.45, 2.75) is 26.4 Å². The lowest BCUT2D eigenvalue weighted by atomic mass is 10.2. The predicted molar refractivity (Wildman–Crippen MR) is 102 cm³/mol. The quantitative estimate of drug-likeness (QED) is 0.339. The molecule has 4 rings (SSSR count). The molecule has 0 radical (unpaired) electrons. The SMILES string of the molecule is CCOC(=O)Cc1nc2cc(COCCc3nc4ccccc4o3)ccc2o1. The zero-order valence-corrected chi connectivity index (χ0v) is 15.5. The van der Waals surface area contributed by atoms with E-state index >= 15 is 0 Å². The Kier molecular flexibility index (Phi) is 5.34. The summed E-state index contributed by atoms with van der Waals surface area (Å²) in [6.07, 6.45) is 0.628. The number of carbonyl (C=O) groups is 1. The van der Waals surface area contributed by atoms with E-state index in [1.54, 1.807) is 6.92 Å². The van der Waals surface area contributed by atoms with Crippen LogP contribution in [0.1, 0.15) is 24.3 Å². The number of para-hydroxylation sites is 2. The van der Waals surface area contributed by atoms with E-state index < -0.39 is 0 Å². The topological polar surface area (TPSA) is 87.6 Å². The highest BCUT2D eigenvalue weighted by molar-refractivity contribution is 5.76. The second-order valence-electron chi connectivity index (χ2n) is 6.27. The third-order valence-corrected chi connectivity index (χ3v) is 4.16. The third kappa shape index (κ3) is 4.20. The molecule has 2 heterocycles. The van der Waals surface area contributed by atoms with Crippen molar-refractivity contribution in [3.05, 3.63) is 59.8 Å². The maximum absolute atomic E-state index is 11.5. The molecule has 4 aromatic rings. The molecule has 144 valence electrons. The number of hydrogen-bond acceptors (Lipinski definition) is 7. The van der Waals surface area contributed by atoms with Crippen LogP contribution in [-0.4, -0.2) is 29.2 Å². The van der Waals surface area contributed by atoms with Crippen LogP contribution in [0.5, 0.6) is 0 Å². The zero-order valence-electron chi connectivity index (χ0n) is 15.5. The van der Waals surface area contributed by atoms with Gasteiger partial charge in [0.2, 0.25) is 5.89 Å². The number of fused-ring (bicyclic) bond motifs is 2. The normalized spacial score (nSPS) is 11.3. The number of benzene rings is 2. The van der Waals surface area contributed by atoms with E-state index in [1.165, 1.54) is 0 Å². The molecule has 28 heavy (non-hydrogen) atoms. The molecule has 7 nitrogen and oxygen atoms in total. The average Bonchev–Trinajstić information content (AvgIpc) is 3.27. The monoisotopic (exact) mass is 380 g/mol. The first kappa shape index (κ1) is 18.2. The fourth-order valence-corrected chi connectivity index (χ4v) is 2.90. The van der Waals surface area contributed by atoms with E-state index in [0.717, 1.165) is 16.7 Å². The van der Waals surface area contributed by atoms with Crippen molar-refractivity contribution in [1.29, 1.82) is 0 Å².